The van der Waals surface area contributed by atoms with Crippen molar-refractivity contribution in [2.24, 2.45) is 0 Å². The van der Waals surface area contributed by atoms with Crippen LogP contribution in [0.3, 0.4) is 0 Å². The van der Waals surface area contributed by atoms with Crippen LogP contribution in [0.5, 0.6) is 5.75 Å². The maximum atomic E-state index is 12.4. The molecule has 0 aliphatic heterocycles. The number of hydrogen-bond donors (Lipinski definition) is 1. The number of ether oxygens (including phenoxy) is 1. The highest BCUT2D eigenvalue weighted by Crippen LogP contribution is 2.30. The van der Waals surface area contributed by atoms with Crippen molar-refractivity contribution in [1.82, 2.24) is 4.37 Å². The second-order valence-electron chi connectivity index (χ2n) is 3.79. The molecule has 0 unspecified atom stereocenters. The summed E-state index contributed by atoms with van der Waals surface area (Å²) in [4.78, 5) is 22.3. The number of carbonyl (C=O) groups excluding carboxylic acids is 1. The molecule has 1 heterocycles. The Morgan fingerprint density at radius 1 is 1.19 bits per heavy atom. The van der Waals surface area contributed by atoms with Crippen molar-refractivity contribution in [3.05, 3.63) is 46.5 Å². The number of carboxylic acids is 1. The van der Waals surface area contributed by atoms with Crippen LogP contribution in [0.15, 0.2) is 30.5 Å². The third kappa shape index (κ3) is 3.37. The van der Waals surface area contributed by atoms with Crippen LogP contribution in [0.25, 0.3) is 0 Å². The lowest BCUT2D eigenvalue weighted by molar-refractivity contribution is -0.137. The molecule has 9 heteroatoms. The number of aromatic carboxylic acids is 1. The molecular weight excluding hydrogens is 311 g/mol. The van der Waals surface area contributed by atoms with Gasteiger partial charge in [0, 0.05) is 0 Å². The van der Waals surface area contributed by atoms with Crippen LogP contribution in [0.1, 0.15) is 25.6 Å². The van der Waals surface area contributed by atoms with E-state index in [4.69, 9.17) is 9.84 Å². The van der Waals surface area contributed by atoms with E-state index in [0.29, 0.717) is 11.5 Å². The standard InChI is InChI=1S/C12H6F3NO4S/c13-12(14,15)6-1-3-7(4-2-6)20-11(19)9-8(10(17)18)5-16-21-9/h1-5H,(H,17,18). The summed E-state index contributed by atoms with van der Waals surface area (Å²) < 4.78 is 45.5. The van der Waals surface area contributed by atoms with Crippen molar-refractivity contribution in [3.63, 3.8) is 0 Å². The fraction of sp³-hybridized carbons (Fsp3) is 0.0833. The average molecular weight is 317 g/mol. The van der Waals surface area contributed by atoms with Crippen LogP contribution in [-0.2, 0) is 6.18 Å². The van der Waals surface area contributed by atoms with Crippen molar-refractivity contribution in [3.8, 4) is 5.75 Å². The van der Waals surface area contributed by atoms with Crippen LogP contribution in [0, 0.1) is 0 Å². The highest BCUT2D eigenvalue weighted by molar-refractivity contribution is 7.08. The molecule has 1 aromatic heterocycles. The Bertz CT molecular complexity index is 679. The minimum atomic E-state index is -4.49. The summed E-state index contributed by atoms with van der Waals surface area (Å²) in [5.74, 6) is -2.46. The first kappa shape index (κ1) is 15.0. The molecule has 1 aromatic carbocycles. The predicted octanol–water partition coefficient (Wildman–Crippen LogP) is 3.08. The van der Waals surface area contributed by atoms with Gasteiger partial charge >= 0.3 is 18.1 Å². The lowest BCUT2D eigenvalue weighted by Crippen LogP contribution is -2.11. The van der Waals surface area contributed by atoms with E-state index in [2.05, 4.69) is 4.37 Å². The largest absolute Gasteiger partial charge is 0.478 e. The molecule has 0 saturated carbocycles. The van der Waals surface area contributed by atoms with E-state index in [-0.39, 0.29) is 16.2 Å². The first-order chi connectivity index (χ1) is 9.79. The number of hydrogen-bond acceptors (Lipinski definition) is 5. The number of alkyl halides is 3. The Kier molecular flexibility index (Phi) is 3.94. The molecule has 0 bridgehead atoms. The van der Waals surface area contributed by atoms with E-state index in [1.54, 1.807) is 0 Å². The summed E-state index contributed by atoms with van der Waals surface area (Å²) in [6.45, 7) is 0. The van der Waals surface area contributed by atoms with E-state index in [0.717, 1.165) is 30.5 Å². The van der Waals surface area contributed by atoms with Gasteiger partial charge in [0.2, 0.25) is 0 Å². The first-order valence-electron chi connectivity index (χ1n) is 5.36. The van der Waals surface area contributed by atoms with Crippen LogP contribution in [0.2, 0.25) is 0 Å². The Labute approximate surface area is 119 Å². The zero-order chi connectivity index (χ0) is 15.6. The number of carboxylic acid groups (broad SMARTS) is 1. The zero-order valence-electron chi connectivity index (χ0n) is 10.0. The predicted molar refractivity (Wildman–Crippen MR) is 65.5 cm³/mol. The van der Waals surface area contributed by atoms with Gasteiger partial charge in [0.05, 0.1) is 11.8 Å². The molecule has 0 fully saturated rings. The lowest BCUT2D eigenvalue weighted by atomic mass is 10.2. The molecule has 1 N–H and O–H groups in total. The molecule has 0 aliphatic carbocycles. The smallest absolute Gasteiger partial charge is 0.416 e. The molecule has 5 nitrogen and oxygen atoms in total. The third-order valence-electron chi connectivity index (χ3n) is 2.38. The average Bonchev–Trinajstić information content (AvgIpc) is 2.87. The summed E-state index contributed by atoms with van der Waals surface area (Å²) in [5, 5.41) is 8.83. The van der Waals surface area contributed by atoms with E-state index >= 15 is 0 Å². The van der Waals surface area contributed by atoms with Crippen molar-refractivity contribution in [2.45, 2.75) is 6.18 Å². The molecule has 0 aliphatic rings. The van der Waals surface area contributed by atoms with Gasteiger partial charge in [0.25, 0.3) is 0 Å². The van der Waals surface area contributed by atoms with E-state index in [1.807, 2.05) is 0 Å². The molecule has 21 heavy (non-hydrogen) atoms. The minimum absolute atomic E-state index is 0.127. The highest BCUT2D eigenvalue weighted by atomic mass is 32.1. The van der Waals surface area contributed by atoms with Crippen molar-refractivity contribution in [2.75, 3.05) is 0 Å². The van der Waals surface area contributed by atoms with Gasteiger partial charge in [-0.2, -0.15) is 17.5 Å². The Hall–Kier alpha value is -2.42. The highest BCUT2D eigenvalue weighted by Gasteiger charge is 2.30. The summed E-state index contributed by atoms with van der Waals surface area (Å²) in [7, 11) is 0. The maximum absolute atomic E-state index is 12.4. The van der Waals surface area contributed by atoms with Gasteiger partial charge in [-0.3, -0.25) is 0 Å². The summed E-state index contributed by atoms with van der Waals surface area (Å²) in [6, 6.07) is 3.46. The van der Waals surface area contributed by atoms with Crippen LogP contribution < -0.4 is 4.74 Å². The summed E-state index contributed by atoms with van der Waals surface area (Å²) >= 11 is 0.627. The zero-order valence-corrected chi connectivity index (χ0v) is 10.9. The lowest BCUT2D eigenvalue weighted by Gasteiger charge is -2.07. The Morgan fingerprint density at radius 2 is 1.81 bits per heavy atom. The number of carbonyl (C=O) groups is 2. The van der Waals surface area contributed by atoms with Gasteiger partial charge < -0.3 is 9.84 Å². The monoisotopic (exact) mass is 317 g/mol. The maximum Gasteiger partial charge on any atom is 0.416 e. The molecule has 2 aromatic rings. The number of aromatic nitrogens is 1. The second kappa shape index (κ2) is 5.52. The van der Waals surface area contributed by atoms with Gasteiger partial charge in [-0.05, 0) is 35.8 Å². The van der Waals surface area contributed by atoms with Crippen LogP contribution in [-0.4, -0.2) is 21.4 Å². The number of benzene rings is 1. The first-order valence-corrected chi connectivity index (χ1v) is 6.14. The topological polar surface area (TPSA) is 76.5 Å². The van der Waals surface area contributed by atoms with Gasteiger partial charge in [0.15, 0.2) is 0 Å². The molecular formula is C12H6F3NO4S. The fourth-order valence-corrected chi connectivity index (χ4v) is 2.02. The summed E-state index contributed by atoms with van der Waals surface area (Å²) in [6.07, 6.45) is -3.49. The molecule has 110 valence electrons. The molecule has 0 amide bonds. The second-order valence-corrected chi connectivity index (χ2v) is 4.59. The van der Waals surface area contributed by atoms with E-state index in [1.165, 1.54) is 0 Å². The number of esters is 1. The fourth-order valence-electron chi connectivity index (χ4n) is 1.40. The van der Waals surface area contributed by atoms with Crippen LogP contribution in [0.4, 0.5) is 13.2 Å². The third-order valence-corrected chi connectivity index (χ3v) is 3.16. The van der Waals surface area contributed by atoms with Gasteiger partial charge in [-0.1, -0.05) is 0 Å². The van der Waals surface area contributed by atoms with Crippen molar-refractivity contribution in [1.29, 1.82) is 0 Å². The SMILES string of the molecule is O=C(O)c1cnsc1C(=O)Oc1ccc(C(F)(F)F)cc1. The van der Waals surface area contributed by atoms with Gasteiger partial charge in [-0.15, -0.1) is 0 Å². The van der Waals surface area contributed by atoms with Gasteiger partial charge in [0.1, 0.15) is 16.2 Å². The Balaban J connectivity index is 2.16. The molecule has 0 atom stereocenters. The molecule has 0 radical (unpaired) electrons. The normalized spacial score (nSPS) is 11.2. The number of halogens is 3. The number of rotatable bonds is 3. The van der Waals surface area contributed by atoms with Crippen LogP contribution >= 0.6 is 11.5 Å². The molecule has 0 saturated heterocycles. The molecule has 0 spiro atoms. The van der Waals surface area contributed by atoms with Crippen molar-refractivity contribution >= 4 is 23.5 Å². The Morgan fingerprint density at radius 3 is 2.33 bits per heavy atom. The van der Waals surface area contributed by atoms with Gasteiger partial charge in [-0.25, -0.2) is 9.59 Å². The number of nitrogens with zero attached hydrogens (tertiary/aromatic N) is 1. The van der Waals surface area contributed by atoms with E-state index < -0.39 is 23.7 Å². The van der Waals surface area contributed by atoms with Crippen molar-refractivity contribution < 1.29 is 32.6 Å². The minimum Gasteiger partial charge on any atom is -0.478 e. The summed E-state index contributed by atoms with van der Waals surface area (Å²) in [5.41, 5.74) is -1.21. The molecule has 2 rings (SSSR count). The van der Waals surface area contributed by atoms with E-state index in [9.17, 15) is 22.8 Å². The quantitative estimate of drug-likeness (QED) is 0.695.